The molecule has 1 amide bonds. The number of nitrogens with one attached hydrogen (secondary N) is 1. The first-order valence-corrected chi connectivity index (χ1v) is 44.2. The van der Waals surface area contributed by atoms with E-state index >= 15 is 0 Å². The Hall–Kier alpha value is -1.92. The number of aliphatic hydroxyl groups is 2. The van der Waals surface area contributed by atoms with Crippen molar-refractivity contribution in [1.82, 2.24) is 5.32 Å². The molecule has 6 heteroatoms. The Morgan fingerprint density at radius 3 is 0.802 bits per heavy atom. The molecule has 0 fully saturated rings. The number of amides is 1. The van der Waals surface area contributed by atoms with E-state index in [0.717, 1.165) is 51.4 Å². The fourth-order valence-electron chi connectivity index (χ4n) is 14.2. The first-order chi connectivity index (χ1) is 47.5. The normalized spacial score (nSPS) is 12.6. The Morgan fingerprint density at radius 1 is 0.292 bits per heavy atom. The van der Waals surface area contributed by atoms with E-state index in [-0.39, 0.29) is 18.5 Å². The molecule has 3 N–H and O–H groups in total. The van der Waals surface area contributed by atoms with Gasteiger partial charge in [-0.2, -0.15) is 0 Å². The first kappa shape index (κ1) is 94.1. The van der Waals surface area contributed by atoms with Gasteiger partial charge in [-0.05, 0) is 83.5 Å². The summed E-state index contributed by atoms with van der Waals surface area (Å²) in [7, 11) is 0. The number of esters is 1. The van der Waals surface area contributed by atoms with Gasteiger partial charge < -0.3 is 20.3 Å². The van der Waals surface area contributed by atoms with E-state index in [9.17, 15) is 19.8 Å². The summed E-state index contributed by atoms with van der Waals surface area (Å²) in [5.41, 5.74) is 0. The predicted molar refractivity (Wildman–Crippen MR) is 426 cm³/mol. The van der Waals surface area contributed by atoms with Crippen molar-refractivity contribution in [1.29, 1.82) is 0 Å². The number of ether oxygens (including phenoxy) is 1. The van der Waals surface area contributed by atoms with Crippen LogP contribution < -0.4 is 5.32 Å². The summed E-state index contributed by atoms with van der Waals surface area (Å²) in [5.74, 6) is -0.0119. The average molecular weight is 1350 g/mol. The maximum atomic E-state index is 12.6. The third-order valence-electron chi connectivity index (χ3n) is 20.9. The maximum Gasteiger partial charge on any atom is 0.305 e. The molecular formula is C90H173NO5. The monoisotopic (exact) mass is 1350 g/mol. The zero-order valence-electron chi connectivity index (χ0n) is 65.4. The summed E-state index contributed by atoms with van der Waals surface area (Å²) >= 11 is 0. The molecule has 0 aliphatic rings. The molecule has 2 unspecified atom stereocenters. The van der Waals surface area contributed by atoms with Crippen LogP contribution in [0.25, 0.3) is 0 Å². The highest BCUT2D eigenvalue weighted by atomic mass is 16.5. The smallest absolute Gasteiger partial charge is 0.305 e. The van der Waals surface area contributed by atoms with Crippen molar-refractivity contribution in [2.24, 2.45) is 0 Å². The molecule has 0 aliphatic carbocycles. The third-order valence-corrected chi connectivity index (χ3v) is 20.9. The van der Waals surface area contributed by atoms with E-state index in [2.05, 4.69) is 55.6 Å². The van der Waals surface area contributed by atoms with Crippen LogP contribution >= 0.6 is 0 Å². The van der Waals surface area contributed by atoms with Gasteiger partial charge in [-0.3, -0.25) is 9.59 Å². The van der Waals surface area contributed by atoms with Crippen molar-refractivity contribution < 1.29 is 24.5 Å². The lowest BCUT2D eigenvalue weighted by atomic mass is 10.0. The number of carbonyl (C=O) groups is 2. The van der Waals surface area contributed by atoms with Gasteiger partial charge in [0.15, 0.2) is 0 Å². The molecule has 0 spiro atoms. The second-order valence-electron chi connectivity index (χ2n) is 30.6. The second kappa shape index (κ2) is 85.5. The van der Waals surface area contributed by atoms with Gasteiger partial charge in [0.25, 0.3) is 0 Å². The minimum atomic E-state index is -0.664. The maximum absolute atomic E-state index is 12.6. The molecule has 0 radical (unpaired) electrons. The molecule has 0 saturated carbocycles. The summed E-state index contributed by atoms with van der Waals surface area (Å²) in [6.07, 6.45) is 113. The number of carbonyl (C=O) groups excluding carboxylic acids is 2. The molecule has 96 heavy (non-hydrogen) atoms. The SMILES string of the molecule is CCCCCCCCC/C=C\CCCCCCCC(=O)OCCCCCCCCCCCCCCCCC/C=C\C/C=C\CCCCCCCCCCCCCCCCCCCC(=O)NC(CO)C(O)CCCCCCCCCCCCCCCCCCCCCCCCCC. The topological polar surface area (TPSA) is 95.9 Å². The number of hydrogen-bond acceptors (Lipinski definition) is 5. The zero-order chi connectivity index (χ0) is 69.1. The Kier molecular flexibility index (Phi) is 83.8. The fraction of sp³-hybridized carbons (Fsp3) is 0.911. The number of allylic oxidation sites excluding steroid dienone is 6. The van der Waals surface area contributed by atoms with Gasteiger partial charge in [0.1, 0.15) is 0 Å². The van der Waals surface area contributed by atoms with Crippen LogP contribution in [0.2, 0.25) is 0 Å². The summed E-state index contributed by atoms with van der Waals surface area (Å²) in [4.78, 5) is 24.7. The van der Waals surface area contributed by atoms with E-state index in [4.69, 9.17) is 4.74 Å². The van der Waals surface area contributed by atoms with Crippen molar-refractivity contribution in [2.75, 3.05) is 13.2 Å². The van der Waals surface area contributed by atoms with Crippen LogP contribution in [0.4, 0.5) is 0 Å². The molecule has 0 aromatic rings. The van der Waals surface area contributed by atoms with E-state index in [1.54, 1.807) is 0 Å². The molecule has 0 aromatic heterocycles. The Bertz CT molecular complexity index is 1560. The number of rotatable bonds is 84. The van der Waals surface area contributed by atoms with Gasteiger partial charge in [0.05, 0.1) is 25.4 Å². The molecule has 0 saturated heterocycles. The second-order valence-corrected chi connectivity index (χ2v) is 30.6. The fourth-order valence-corrected chi connectivity index (χ4v) is 14.2. The van der Waals surface area contributed by atoms with Crippen molar-refractivity contribution in [2.45, 2.75) is 514 Å². The zero-order valence-corrected chi connectivity index (χ0v) is 65.4. The molecular weight excluding hydrogens is 1170 g/mol. The highest BCUT2D eigenvalue weighted by molar-refractivity contribution is 5.76. The standard InChI is InChI=1S/C90H173NO5/c1-3-5-7-9-11-13-15-17-19-21-22-23-24-42-45-48-51-54-58-62-66-70-74-78-82-88(93)87(86-92)91-89(94)83-79-75-71-67-63-59-55-52-49-46-43-40-38-36-34-32-30-28-26-25-27-29-31-33-35-37-39-41-44-47-50-53-57-61-65-69-73-77-81-85-96-90(95)84-80-76-72-68-64-60-56-20-18-16-14-12-10-8-6-4-2/h20,25-26,29,31,56,87-88,92-93H,3-19,21-24,27-28,30,32-55,57-86H2,1-2H3,(H,91,94)/b26-25-,31-29-,56-20-. The number of unbranched alkanes of at least 4 members (excludes halogenated alkanes) is 67. The lowest BCUT2D eigenvalue weighted by Crippen LogP contribution is -2.45. The Labute approximate surface area is 602 Å². The summed E-state index contributed by atoms with van der Waals surface area (Å²) in [5, 5.41) is 23.5. The summed E-state index contributed by atoms with van der Waals surface area (Å²) < 4.78 is 5.51. The molecule has 568 valence electrons. The molecule has 0 bridgehead atoms. The molecule has 0 aromatic carbocycles. The number of aliphatic hydroxyl groups excluding tert-OH is 2. The molecule has 0 rings (SSSR count). The van der Waals surface area contributed by atoms with Crippen molar-refractivity contribution in [3.8, 4) is 0 Å². The lowest BCUT2D eigenvalue weighted by Gasteiger charge is -2.22. The van der Waals surface area contributed by atoms with Crippen LogP contribution in [0, 0.1) is 0 Å². The minimum Gasteiger partial charge on any atom is -0.466 e. The van der Waals surface area contributed by atoms with E-state index < -0.39 is 12.1 Å². The molecule has 6 nitrogen and oxygen atoms in total. The Morgan fingerprint density at radius 2 is 0.521 bits per heavy atom. The van der Waals surface area contributed by atoms with E-state index in [1.165, 1.54) is 417 Å². The van der Waals surface area contributed by atoms with E-state index in [1.807, 2.05) is 0 Å². The van der Waals surface area contributed by atoms with Gasteiger partial charge in [-0.25, -0.2) is 0 Å². The largest absolute Gasteiger partial charge is 0.466 e. The van der Waals surface area contributed by atoms with Crippen molar-refractivity contribution in [3.05, 3.63) is 36.5 Å². The van der Waals surface area contributed by atoms with Gasteiger partial charge in [0.2, 0.25) is 5.91 Å². The van der Waals surface area contributed by atoms with Crippen LogP contribution in [0.3, 0.4) is 0 Å². The highest BCUT2D eigenvalue weighted by Crippen LogP contribution is 2.21. The molecule has 0 aliphatic heterocycles. The van der Waals surface area contributed by atoms with Crippen LogP contribution in [0.1, 0.15) is 502 Å². The van der Waals surface area contributed by atoms with Crippen LogP contribution in [0.15, 0.2) is 36.5 Å². The number of hydrogen-bond donors (Lipinski definition) is 3. The first-order valence-electron chi connectivity index (χ1n) is 44.2. The van der Waals surface area contributed by atoms with Crippen molar-refractivity contribution >= 4 is 11.9 Å². The highest BCUT2D eigenvalue weighted by Gasteiger charge is 2.20. The Balaban J connectivity index is 3.35. The van der Waals surface area contributed by atoms with Crippen LogP contribution in [-0.2, 0) is 14.3 Å². The average Bonchev–Trinajstić information content (AvgIpc) is 2.37. The van der Waals surface area contributed by atoms with E-state index in [0.29, 0.717) is 25.9 Å². The summed E-state index contributed by atoms with van der Waals surface area (Å²) in [6.45, 7) is 5.01. The van der Waals surface area contributed by atoms with Crippen LogP contribution in [0.5, 0.6) is 0 Å². The van der Waals surface area contributed by atoms with Gasteiger partial charge in [-0.15, -0.1) is 0 Å². The third kappa shape index (κ3) is 81.0. The quantitative estimate of drug-likeness (QED) is 0.0320. The van der Waals surface area contributed by atoms with Crippen LogP contribution in [-0.4, -0.2) is 47.4 Å². The van der Waals surface area contributed by atoms with Gasteiger partial charge in [-0.1, -0.05) is 442 Å². The lowest BCUT2D eigenvalue weighted by molar-refractivity contribution is -0.143. The predicted octanol–water partition coefficient (Wildman–Crippen LogP) is 29.7. The summed E-state index contributed by atoms with van der Waals surface area (Å²) in [6, 6.07) is -0.541. The van der Waals surface area contributed by atoms with Gasteiger partial charge >= 0.3 is 5.97 Å². The minimum absolute atomic E-state index is 0.0139. The molecule has 0 heterocycles. The van der Waals surface area contributed by atoms with Crippen molar-refractivity contribution in [3.63, 3.8) is 0 Å². The van der Waals surface area contributed by atoms with Gasteiger partial charge in [0, 0.05) is 12.8 Å². The molecule has 2 atom stereocenters.